The monoisotopic (exact) mass is 404 g/mol. The molecule has 1 atom stereocenters. The maximum atomic E-state index is 13.7. The van der Waals surface area contributed by atoms with Crippen molar-refractivity contribution in [1.82, 2.24) is 10.2 Å². The van der Waals surface area contributed by atoms with Crippen LogP contribution in [0.2, 0.25) is 0 Å². The summed E-state index contributed by atoms with van der Waals surface area (Å²) in [5, 5.41) is 2.62. The number of ketones is 1. The minimum Gasteiger partial charge on any atom is -0.319 e. The first-order valence-electron chi connectivity index (χ1n) is 7.51. The van der Waals surface area contributed by atoms with Crippen molar-refractivity contribution in [2.45, 2.75) is 12.5 Å². The second-order valence-corrected chi connectivity index (χ2v) is 6.78. The van der Waals surface area contributed by atoms with E-state index in [-0.39, 0.29) is 5.56 Å². The number of nitrogens with one attached hydrogen (secondary N) is 1. The van der Waals surface area contributed by atoms with Gasteiger partial charge in [-0.25, -0.2) is 9.18 Å². The number of imide groups is 1. The maximum absolute atomic E-state index is 13.7. The van der Waals surface area contributed by atoms with Crippen molar-refractivity contribution in [1.29, 1.82) is 0 Å². The van der Waals surface area contributed by atoms with Gasteiger partial charge in [0.1, 0.15) is 11.4 Å². The molecule has 1 saturated heterocycles. The summed E-state index contributed by atoms with van der Waals surface area (Å²) in [7, 11) is 0. The average molecular weight is 405 g/mol. The number of amides is 3. The Morgan fingerprint density at radius 1 is 1.20 bits per heavy atom. The molecule has 0 unspecified atom stereocenters. The summed E-state index contributed by atoms with van der Waals surface area (Å²) in [4.78, 5) is 38.1. The zero-order valence-electron chi connectivity index (χ0n) is 13.3. The summed E-state index contributed by atoms with van der Waals surface area (Å²) < 4.78 is 14.5. The lowest BCUT2D eigenvalue weighted by atomic mass is 9.92. The molecule has 7 heteroatoms. The van der Waals surface area contributed by atoms with Crippen molar-refractivity contribution in [3.63, 3.8) is 0 Å². The van der Waals surface area contributed by atoms with Gasteiger partial charge in [-0.05, 0) is 36.8 Å². The van der Waals surface area contributed by atoms with Gasteiger partial charge in [0.05, 0.1) is 12.1 Å². The van der Waals surface area contributed by atoms with Gasteiger partial charge < -0.3 is 5.32 Å². The number of halogens is 2. The minimum absolute atomic E-state index is 0.154. The molecule has 2 aromatic rings. The van der Waals surface area contributed by atoms with Gasteiger partial charge in [-0.1, -0.05) is 40.2 Å². The van der Waals surface area contributed by atoms with Crippen molar-refractivity contribution in [2.24, 2.45) is 0 Å². The molecule has 1 N–H and O–H groups in total. The van der Waals surface area contributed by atoms with Gasteiger partial charge in [-0.2, -0.15) is 0 Å². The Morgan fingerprint density at radius 2 is 1.92 bits per heavy atom. The quantitative estimate of drug-likeness (QED) is 0.628. The lowest BCUT2D eigenvalue weighted by molar-refractivity contribution is -0.130. The fourth-order valence-corrected chi connectivity index (χ4v) is 3.15. The number of urea groups is 1. The van der Waals surface area contributed by atoms with Crippen LogP contribution < -0.4 is 5.32 Å². The van der Waals surface area contributed by atoms with Crippen LogP contribution in [0.4, 0.5) is 9.18 Å². The lowest BCUT2D eigenvalue weighted by Crippen LogP contribution is -2.41. The molecule has 0 radical (unpaired) electrons. The standard InChI is InChI=1S/C18H14BrFN2O3/c1-18(11-5-4-6-12(19)9-11)16(24)22(17(25)21-18)10-15(23)13-7-2-3-8-14(13)20/h2-9H,10H2,1H3,(H,21,25)/t18-/m1/s1. The van der Waals surface area contributed by atoms with Gasteiger partial charge in [-0.3, -0.25) is 14.5 Å². The number of carbonyl (C=O) groups excluding carboxylic acids is 3. The summed E-state index contributed by atoms with van der Waals surface area (Å²) >= 11 is 3.33. The molecule has 1 fully saturated rings. The van der Waals surface area contributed by atoms with Gasteiger partial charge in [-0.15, -0.1) is 0 Å². The van der Waals surface area contributed by atoms with Gasteiger partial charge in [0.25, 0.3) is 5.91 Å². The van der Waals surface area contributed by atoms with Crippen molar-refractivity contribution in [2.75, 3.05) is 6.54 Å². The summed E-state index contributed by atoms with van der Waals surface area (Å²) in [6.45, 7) is 1.05. The number of hydrogen-bond donors (Lipinski definition) is 1. The van der Waals surface area contributed by atoms with Crippen LogP contribution in [0.3, 0.4) is 0 Å². The highest BCUT2D eigenvalue weighted by Crippen LogP contribution is 2.30. The molecule has 1 aliphatic heterocycles. The van der Waals surface area contributed by atoms with Crippen LogP contribution in [0.25, 0.3) is 0 Å². The Hall–Kier alpha value is -2.54. The molecule has 128 valence electrons. The summed E-state index contributed by atoms with van der Waals surface area (Å²) in [6, 6.07) is 11.8. The van der Waals surface area contributed by atoms with E-state index in [1.54, 1.807) is 31.2 Å². The Morgan fingerprint density at radius 3 is 2.60 bits per heavy atom. The highest BCUT2D eigenvalue weighted by atomic mass is 79.9. The van der Waals surface area contributed by atoms with Gasteiger partial charge >= 0.3 is 6.03 Å². The first-order chi connectivity index (χ1) is 11.8. The van der Waals surface area contributed by atoms with Crippen LogP contribution in [0.15, 0.2) is 53.0 Å². The predicted octanol–water partition coefficient (Wildman–Crippen LogP) is 3.24. The SMILES string of the molecule is C[C@]1(c2cccc(Br)c2)NC(=O)N(CC(=O)c2ccccc2F)C1=O. The molecule has 0 spiro atoms. The maximum Gasteiger partial charge on any atom is 0.325 e. The Kier molecular flexibility index (Phi) is 4.43. The van der Waals surface area contributed by atoms with E-state index in [2.05, 4.69) is 21.2 Å². The molecule has 0 bridgehead atoms. The van der Waals surface area contributed by atoms with Gasteiger partial charge in [0.15, 0.2) is 5.78 Å². The molecule has 0 aliphatic carbocycles. The molecule has 3 amide bonds. The highest BCUT2D eigenvalue weighted by molar-refractivity contribution is 9.10. The topological polar surface area (TPSA) is 66.5 Å². The lowest BCUT2D eigenvalue weighted by Gasteiger charge is -2.22. The summed E-state index contributed by atoms with van der Waals surface area (Å²) in [6.07, 6.45) is 0. The second kappa shape index (κ2) is 6.40. The largest absolute Gasteiger partial charge is 0.325 e. The van der Waals surface area contributed by atoms with Crippen molar-refractivity contribution >= 4 is 33.7 Å². The van der Waals surface area contributed by atoms with Crippen LogP contribution in [0.5, 0.6) is 0 Å². The molecule has 3 rings (SSSR count). The molecule has 2 aromatic carbocycles. The van der Waals surface area contributed by atoms with E-state index in [1.165, 1.54) is 18.2 Å². The van der Waals surface area contributed by atoms with Crippen molar-refractivity contribution in [3.8, 4) is 0 Å². The van der Waals surface area contributed by atoms with E-state index in [4.69, 9.17) is 0 Å². The third-order valence-electron chi connectivity index (χ3n) is 4.15. The summed E-state index contributed by atoms with van der Waals surface area (Å²) in [5.74, 6) is -1.88. The molecule has 1 heterocycles. The van der Waals surface area contributed by atoms with Crippen molar-refractivity contribution in [3.05, 3.63) is 69.9 Å². The zero-order valence-corrected chi connectivity index (χ0v) is 14.8. The average Bonchev–Trinajstić information content (AvgIpc) is 2.79. The van der Waals surface area contributed by atoms with Gasteiger partial charge in [0, 0.05) is 4.47 Å². The normalized spacial score (nSPS) is 19.9. The second-order valence-electron chi connectivity index (χ2n) is 5.86. The van der Waals surface area contributed by atoms with Crippen LogP contribution in [0, 0.1) is 5.82 Å². The molecule has 1 aliphatic rings. The Labute approximate surface area is 151 Å². The number of benzene rings is 2. The third-order valence-corrected chi connectivity index (χ3v) is 4.65. The fourth-order valence-electron chi connectivity index (χ4n) is 2.75. The number of hydrogen-bond acceptors (Lipinski definition) is 3. The molecular weight excluding hydrogens is 391 g/mol. The number of carbonyl (C=O) groups is 3. The smallest absolute Gasteiger partial charge is 0.319 e. The summed E-state index contributed by atoms with van der Waals surface area (Å²) in [5.41, 5.74) is -0.851. The molecule has 25 heavy (non-hydrogen) atoms. The van der Waals surface area contributed by atoms with E-state index in [0.29, 0.717) is 5.56 Å². The molecule has 5 nitrogen and oxygen atoms in total. The first kappa shape index (κ1) is 17.3. The highest BCUT2D eigenvalue weighted by Gasteiger charge is 2.49. The Balaban J connectivity index is 1.87. The third kappa shape index (κ3) is 3.07. The predicted molar refractivity (Wildman–Crippen MR) is 92.5 cm³/mol. The van der Waals surface area contributed by atoms with Crippen LogP contribution in [-0.2, 0) is 10.3 Å². The minimum atomic E-state index is -1.28. The van der Waals surface area contributed by atoms with E-state index in [9.17, 15) is 18.8 Å². The van der Waals surface area contributed by atoms with E-state index < -0.39 is 35.6 Å². The molecular formula is C18H14BrFN2O3. The van der Waals surface area contributed by atoms with E-state index in [0.717, 1.165) is 15.4 Å². The number of nitrogens with zero attached hydrogens (tertiary/aromatic N) is 1. The van der Waals surface area contributed by atoms with Gasteiger partial charge in [0.2, 0.25) is 0 Å². The first-order valence-corrected chi connectivity index (χ1v) is 8.30. The molecule has 0 aromatic heterocycles. The fraction of sp³-hybridized carbons (Fsp3) is 0.167. The number of rotatable bonds is 4. The molecule has 0 saturated carbocycles. The van der Waals surface area contributed by atoms with E-state index in [1.807, 2.05) is 0 Å². The van der Waals surface area contributed by atoms with E-state index >= 15 is 0 Å². The van der Waals surface area contributed by atoms with Crippen LogP contribution >= 0.6 is 15.9 Å². The Bertz CT molecular complexity index is 886. The van der Waals surface area contributed by atoms with Crippen molar-refractivity contribution < 1.29 is 18.8 Å². The zero-order chi connectivity index (χ0) is 18.2. The van der Waals surface area contributed by atoms with Crippen LogP contribution in [0.1, 0.15) is 22.8 Å². The van der Waals surface area contributed by atoms with Crippen LogP contribution in [-0.4, -0.2) is 29.2 Å². The number of Topliss-reactive ketones (excluding diaryl/α,β-unsaturated/α-hetero) is 1.